The fourth-order valence-electron chi connectivity index (χ4n) is 1.23. The SMILES string of the molecule is CCN1CC(C)(C)OCC1=O. The van der Waals surface area contributed by atoms with Crippen molar-refractivity contribution in [2.45, 2.75) is 26.4 Å². The third-order valence-electron chi connectivity index (χ3n) is 1.89. The van der Waals surface area contributed by atoms with Crippen LogP contribution in [0.25, 0.3) is 0 Å². The summed E-state index contributed by atoms with van der Waals surface area (Å²) in [6.45, 7) is 7.72. The first-order valence-corrected chi connectivity index (χ1v) is 3.97. The van der Waals surface area contributed by atoms with Gasteiger partial charge in [-0.15, -0.1) is 0 Å². The predicted octanol–water partition coefficient (Wildman–Crippen LogP) is 0.644. The van der Waals surface area contributed by atoms with Gasteiger partial charge in [-0.2, -0.15) is 0 Å². The molecular weight excluding hydrogens is 142 g/mol. The first-order chi connectivity index (χ1) is 5.05. The Labute approximate surface area is 67.3 Å². The van der Waals surface area contributed by atoms with E-state index in [1.54, 1.807) is 0 Å². The molecule has 1 fully saturated rings. The van der Waals surface area contributed by atoms with E-state index in [1.807, 2.05) is 25.7 Å². The van der Waals surface area contributed by atoms with Crippen LogP contribution in [0.1, 0.15) is 20.8 Å². The van der Waals surface area contributed by atoms with Crippen LogP contribution in [-0.2, 0) is 9.53 Å². The Morgan fingerprint density at radius 3 is 2.73 bits per heavy atom. The van der Waals surface area contributed by atoms with E-state index < -0.39 is 0 Å². The summed E-state index contributed by atoms with van der Waals surface area (Å²) >= 11 is 0. The lowest BCUT2D eigenvalue weighted by atomic mass is 10.1. The fourth-order valence-corrected chi connectivity index (χ4v) is 1.23. The minimum Gasteiger partial charge on any atom is -0.364 e. The van der Waals surface area contributed by atoms with E-state index >= 15 is 0 Å². The van der Waals surface area contributed by atoms with Gasteiger partial charge in [0.15, 0.2) is 0 Å². The maximum Gasteiger partial charge on any atom is 0.248 e. The lowest BCUT2D eigenvalue weighted by Gasteiger charge is -2.37. The lowest BCUT2D eigenvalue weighted by molar-refractivity contribution is -0.158. The van der Waals surface area contributed by atoms with E-state index in [4.69, 9.17) is 4.74 Å². The molecule has 3 heteroatoms. The van der Waals surface area contributed by atoms with Crippen molar-refractivity contribution in [3.63, 3.8) is 0 Å². The van der Waals surface area contributed by atoms with Gasteiger partial charge in [0.2, 0.25) is 5.91 Å². The Balaban J connectivity index is 2.58. The van der Waals surface area contributed by atoms with Crippen molar-refractivity contribution in [1.29, 1.82) is 0 Å². The number of carbonyl (C=O) groups is 1. The molecule has 3 nitrogen and oxygen atoms in total. The molecule has 0 aromatic heterocycles. The van der Waals surface area contributed by atoms with Crippen LogP contribution in [0, 0.1) is 0 Å². The van der Waals surface area contributed by atoms with E-state index in [1.165, 1.54) is 0 Å². The van der Waals surface area contributed by atoms with Crippen LogP contribution in [0.5, 0.6) is 0 Å². The van der Waals surface area contributed by atoms with Crippen molar-refractivity contribution >= 4 is 5.91 Å². The molecule has 0 aromatic carbocycles. The number of amides is 1. The van der Waals surface area contributed by atoms with E-state index in [2.05, 4.69) is 0 Å². The summed E-state index contributed by atoms with van der Waals surface area (Å²) in [5, 5.41) is 0. The van der Waals surface area contributed by atoms with Gasteiger partial charge in [-0.05, 0) is 20.8 Å². The third-order valence-corrected chi connectivity index (χ3v) is 1.89. The average molecular weight is 157 g/mol. The van der Waals surface area contributed by atoms with Crippen molar-refractivity contribution in [3.8, 4) is 0 Å². The third kappa shape index (κ3) is 1.93. The molecule has 0 unspecified atom stereocenters. The molecule has 1 heterocycles. The summed E-state index contributed by atoms with van der Waals surface area (Å²) < 4.78 is 5.32. The average Bonchev–Trinajstić information content (AvgIpc) is 1.94. The second-order valence-corrected chi connectivity index (χ2v) is 3.46. The topological polar surface area (TPSA) is 29.5 Å². The van der Waals surface area contributed by atoms with Gasteiger partial charge in [0, 0.05) is 13.1 Å². The van der Waals surface area contributed by atoms with Crippen molar-refractivity contribution in [2.24, 2.45) is 0 Å². The fraction of sp³-hybridized carbons (Fsp3) is 0.875. The standard InChI is InChI=1S/C8H15NO2/c1-4-9-6-8(2,3)11-5-7(9)10/h4-6H2,1-3H3. The highest BCUT2D eigenvalue weighted by molar-refractivity contribution is 5.78. The van der Waals surface area contributed by atoms with Gasteiger partial charge < -0.3 is 9.64 Å². The first kappa shape index (κ1) is 8.53. The molecule has 11 heavy (non-hydrogen) atoms. The highest BCUT2D eigenvalue weighted by Gasteiger charge is 2.30. The minimum atomic E-state index is -0.163. The Morgan fingerprint density at radius 2 is 2.27 bits per heavy atom. The van der Waals surface area contributed by atoms with Crippen molar-refractivity contribution in [3.05, 3.63) is 0 Å². The summed E-state index contributed by atoms with van der Waals surface area (Å²) in [5.41, 5.74) is -0.163. The highest BCUT2D eigenvalue weighted by atomic mass is 16.5. The van der Waals surface area contributed by atoms with Gasteiger partial charge in [-0.25, -0.2) is 0 Å². The van der Waals surface area contributed by atoms with E-state index in [0.717, 1.165) is 6.54 Å². The molecule has 1 aliphatic rings. The van der Waals surface area contributed by atoms with Crippen LogP contribution in [0.4, 0.5) is 0 Å². The molecule has 0 saturated carbocycles. The molecule has 1 saturated heterocycles. The second-order valence-electron chi connectivity index (χ2n) is 3.46. The number of morpholine rings is 1. The molecule has 0 N–H and O–H groups in total. The van der Waals surface area contributed by atoms with E-state index in [0.29, 0.717) is 6.54 Å². The molecule has 0 aromatic rings. The lowest BCUT2D eigenvalue weighted by Crippen LogP contribution is -2.51. The zero-order valence-corrected chi connectivity index (χ0v) is 7.39. The zero-order chi connectivity index (χ0) is 8.48. The van der Waals surface area contributed by atoms with Gasteiger partial charge in [-0.1, -0.05) is 0 Å². The van der Waals surface area contributed by atoms with Crippen LogP contribution in [0.15, 0.2) is 0 Å². The summed E-state index contributed by atoms with van der Waals surface area (Å²) in [7, 11) is 0. The maximum absolute atomic E-state index is 11.1. The number of likely N-dealkylation sites (N-methyl/N-ethyl adjacent to an activating group) is 1. The largest absolute Gasteiger partial charge is 0.364 e. The molecule has 0 spiro atoms. The normalized spacial score (nSPS) is 23.9. The number of nitrogens with zero attached hydrogens (tertiary/aromatic N) is 1. The molecule has 0 radical (unpaired) electrons. The minimum absolute atomic E-state index is 0.104. The quantitative estimate of drug-likeness (QED) is 0.559. The number of hydrogen-bond acceptors (Lipinski definition) is 2. The molecule has 0 atom stereocenters. The monoisotopic (exact) mass is 157 g/mol. The zero-order valence-electron chi connectivity index (χ0n) is 7.39. The van der Waals surface area contributed by atoms with Gasteiger partial charge in [0.05, 0.1) is 5.60 Å². The Bertz CT molecular complexity index is 165. The van der Waals surface area contributed by atoms with Gasteiger partial charge >= 0.3 is 0 Å². The number of ether oxygens (including phenoxy) is 1. The van der Waals surface area contributed by atoms with Crippen LogP contribution in [0.3, 0.4) is 0 Å². The van der Waals surface area contributed by atoms with Gasteiger partial charge in [0.25, 0.3) is 0 Å². The smallest absolute Gasteiger partial charge is 0.248 e. The van der Waals surface area contributed by atoms with Crippen LogP contribution in [0.2, 0.25) is 0 Å². The predicted molar refractivity (Wildman–Crippen MR) is 42.3 cm³/mol. The highest BCUT2D eigenvalue weighted by Crippen LogP contribution is 2.16. The first-order valence-electron chi connectivity index (χ1n) is 3.97. The van der Waals surface area contributed by atoms with Crippen LogP contribution in [-0.4, -0.2) is 36.1 Å². The molecule has 1 amide bonds. The Kier molecular flexibility index (Phi) is 2.18. The van der Waals surface area contributed by atoms with Crippen LogP contribution >= 0.6 is 0 Å². The van der Waals surface area contributed by atoms with Crippen molar-refractivity contribution in [1.82, 2.24) is 4.90 Å². The van der Waals surface area contributed by atoms with Gasteiger partial charge in [-0.3, -0.25) is 4.79 Å². The van der Waals surface area contributed by atoms with Gasteiger partial charge in [0.1, 0.15) is 6.61 Å². The Hall–Kier alpha value is -0.570. The summed E-state index contributed by atoms with van der Waals surface area (Å²) in [6.07, 6.45) is 0. The Morgan fingerprint density at radius 1 is 1.64 bits per heavy atom. The molecule has 0 aliphatic carbocycles. The molecule has 64 valence electrons. The molecule has 0 bridgehead atoms. The molecule has 1 aliphatic heterocycles. The maximum atomic E-state index is 11.1. The van der Waals surface area contributed by atoms with E-state index in [-0.39, 0.29) is 18.1 Å². The summed E-state index contributed by atoms with van der Waals surface area (Å²) in [6, 6.07) is 0. The van der Waals surface area contributed by atoms with Crippen molar-refractivity contribution < 1.29 is 9.53 Å². The van der Waals surface area contributed by atoms with E-state index in [9.17, 15) is 4.79 Å². The number of rotatable bonds is 1. The number of hydrogen-bond donors (Lipinski definition) is 0. The van der Waals surface area contributed by atoms with Crippen LogP contribution < -0.4 is 0 Å². The summed E-state index contributed by atoms with van der Waals surface area (Å²) in [4.78, 5) is 12.9. The van der Waals surface area contributed by atoms with Crippen molar-refractivity contribution in [2.75, 3.05) is 19.7 Å². The number of carbonyl (C=O) groups excluding carboxylic acids is 1. The molecule has 1 rings (SSSR count). The second kappa shape index (κ2) is 2.81. The molecular formula is C8H15NO2. The summed E-state index contributed by atoms with van der Waals surface area (Å²) in [5.74, 6) is 0.104.